The van der Waals surface area contributed by atoms with Crippen molar-refractivity contribution in [2.24, 2.45) is 0 Å². The zero-order valence-electron chi connectivity index (χ0n) is 15.7. The number of nitrogens with one attached hydrogen (secondary N) is 2. The Morgan fingerprint density at radius 1 is 0.897 bits per heavy atom. The van der Waals surface area contributed by atoms with Crippen LogP contribution in [0.15, 0.2) is 85.3 Å². The summed E-state index contributed by atoms with van der Waals surface area (Å²) in [6.07, 6.45) is 5.83. The maximum absolute atomic E-state index is 12.4. The van der Waals surface area contributed by atoms with E-state index in [0.29, 0.717) is 24.2 Å². The van der Waals surface area contributed by atoms with Crippen molar-refractivity contribution < 1.29 is 9.59 Å². The number of carbonyl (C=O) groups excluding carboxylic acids is 2. The topological polar surface area (TPSA) is 75.5 Å². The minimum absolute atomic E-state index is 0.0946. The Kier molecular flexibility index (Phi) is 5.33. The molecule has 0 unspecified atom stereocenters. The molecule has 4 rings (SSSR count). The number of anilines is 1. The van der Waals surface area contributed by atoms with E-state index in [4.69, 9.17) is 0 Å². The van der Waals surface area contributed by atoms with Gasteiger partial charge >= 0.3 is 0 Å². The summed E-state index contributed by atoms with van der Waals surface area (Å²) in [6, 6.07) is 20.3. The first-order chi connectivity index (χ1) is 14.2. The van der Waals surface area contributed by atoms with Crippen LogP contribution in [0.2, 0.25) is 0 Å². The second-order valence-corrected chi connectivity index (χ2v) is 6.70. The second-order valence-electron chi connectivity index (χ2n) is 6.70. The molecule has 2 amide bonds. The molecule has 0 saturated carbocycles. The molecule has 2 aromatic carbocycles. The van der Waals surface area contributed by atoms with Crippen molar-refractivity contribution >= 4 is 23.1 Å². The van der Waals surface area contributed by atoms with Gasteiger partial charge in [-0.3, -0.25) is 9.59 Å². The first-order valence-electron chi connectivity index (χ1n) is 9.31. The molecule has 144 valence electrons. The van der Waals surface area contributed by atoms with Crippen LogP contribution in [0.5, 0.6) is 0 Å². The van der Waals surface area contributed by atoms with E-state index in [0.717, 1.165) is 16.8 Å². The fraction of sp³-hybridized carbons (Fsp3) is 0.0870. The van der Waals surface area contributed by atoms with Crippen LogP contribution in [0.25, 0.3) is 5.65 Å². The van der Waals surface area contributed by atoms with Crippen LogP contribution in [-0.2, 0) is 17.8 Å². The molecule has 0 aliphatic rings. The Morgan fingerprint density at radius 2 is 1.69 bits per heavy atom. The van der Waals surface area contributed by atoms with Crippen LogP contribution >= 0.6 is 0 Å². The van der Waals surface area contributed by atoms with Crippen molar-refractivity contribution in [2.45, 2.75) is 13.0 Å². The van der Waals surface area contributed by atoms with Crippen molar-refractivity contribution in [1.82, 2.24) is 14.7 Å². The van der Waals surface area contributed by atoms with Crippen LogP contribution in [-0.4, -0.2) is 21.2 Å². The Morgan fingerprint density at radius 3 is 2.48 bits per heavy atom. The number of rotatable bonds is 6. The van der Waals surface area contributed by atoms with Gasteiger partial charge in [0.1, 0.15) is 5.65 Å². The number of amides is 2. The summed E-state index contributed by atoms with van der Waals surface area (Å²) in [5, 5.41) is 5.75. The highest BCUT2D eigenvalue weighted by atomic mass is 16.2. The number of nitrogens with zero attached hydrogens (tertiary/aromatic N) is 2. The molecular formula is C23H20N4O2. The quantitative estimate of drug-likeness (QED) is 0.535. The number of imidazole rings is 1. The molecule has 0 radical (unpaired) electrons. The van der Waals surface area contributed by atoms with Crippen molar-refractivity contribution in [3.8, 4) is 0 Å². The molecule has 6 heteroatoms. The minimum atomic E-state index is -0.171. The zero-order valence-corrected chi connectivity index (χ0v) is 15.7. The Balaban J connectivity index is 1.32. The van der Waals surface area contributed by atoms with E-state index >= 15 is 0 Å². The fourth-order valence-electron chi connectivity index (χ4n) is 3.04. The predicted molar refractivity (Wildman–Crippen MR) is 112 cm³/mol. The van der Waals surface area contributed by atoms with E-state index in [1.165, 1.54) is 0 Å². The smallest absolute Gasteiger partial charge is 0.251 e. The lowest BCUT2D eigenvalue weighted by atomic mass is 10.1. The van der Waals surface area contributed by atoms with Crippen molar-refractivity contribution in [3.63, 3.8) is 0 Å². The van der Waals surface area contributed by atoms with Gasteiger partial charge in [0.25, 0.3) is 5.91 Å². The number of fused-ring (bicyclic) bond motifs is 1. The Bertz CT molecular complexity index is 1130. The predicted octanol–water partition coefficient (Wildman–Crippen LogP) is 3.45. The number of benzene rings is 2. The second kappa shape index (κ2) is 8.39. The summed E-state index contributed by atoms with van der Waals surface area (Å²) >= 11 is 0. The van der Waals surface area contributed by atoms with Gasteiger partial charge in [0.2, 0.25) is 5.91 Å². The monoisotopic (exact) mass is 384 g/mol. The van der Waals surface area contributed by atoms with Gasteiger partial charge in [0.15, 0.2) is 0 Å². The summed E-state index contributed by atoms with van der Waals surface area (Å²) in [5.41, 5.74) is 3.96. The lowest BCUT2D eigenvalue weighted by Crippen LogP contribution is -2.22. The Hall–Kier alpha value is -3.93. The summed E-state index contributed by atoms with van der Waals surface area (Å²) in [6.45, 7) is 0.414. The normalized spacial score (nSPS) is 10.6. The summed E-state index contributed by atoms with van der Waals surface area (Å²) in [7, 11) is 0. The van der Waals surface area contributed by atoms with E-state index in [1.807, 2.05) is 59.3 Å². The van der Waals surface area contributed by atoms with Crippen LogP contribution in [0.4, 0.5) is 5.69 Å². The third-order valence-electron chi connectivity index (χ3n) is 4.55. The van der Waals surface area contributed by atoms with Gasteiger partial charge in [0, 0.05) is 36.4 Å². The SMILES string of the molecule is O=C(Cc1ccccc1)Nc1ccc(C(=O)NCc2ccn3ccnc3c2)cc1. The third-order valence-corrected chi connectivity index (χ3v) is 4.55. The maximum Gasteiger partial charge on any atom is 0.251 e. The van der Waals surface area contributed by atoms with Gasteiger partial charge in [-0.15, -0.1) is 0 Å². The van der Waals surface area contributed by atoms with Gasteiger partial charge in [-0.05, 0) is 47.5 Å². The molecule has 2 N–H and O–H groups in total. The molecule has 0 spiro atoms. The highest BCUT2D eigenvalue weighted by Crippen LogP contribution is 2.11. The first-order valence-corrected chi connectivity index (χ1v) is 9.31. The number of aromatic nitrogens is 2. The highest BCUT2D eigenvalue weighted by Gasteiger charge is 2.08. The average Bonchev–Trinajstić information content (AvgIpc) is 3.21. The number of hydrogen-bond donors (Lipinski definition) is 2. The molecule has 0 saturated heterocycles. The molecular weight excluding hydrogens is 364 g/mol. The van der Waals surface area contributed by atoms with Crippen molar-refractivity contribution in [2.75, 3.05) is 5.32 Å². The molecule has 6 nitrogen and oxygen atoms in total. The highest BCUT2D eigenvalue weighted by molar-refractivity contribution is 5.96. The van der Waals surface area contributed by atoms with Crippen LogP contribution < -0.4 is 10.6 Å². The van der Waals surface area contributed by atoms with Gasteiger partial charge < -0.3 is 15.0 Å². The van der Waals surface area contributed by atoms with Crippen molar-refractivity contribution in [1.29, 1.82) is 0 Å². The summed E-state index contributed by atoms with van der Waals surface area (Å²) in [5.74, 6) is -0.266. The van der Waals surface area contributed by atoms with Gasteiger partial charge in [-0.2, -0.15) is 0 Å². The largest absolute Gasteiger partial charge is 0.348 e. The van der Waals surface area contributed by atoms with E-state index in [2.05, 4.69) is 15.6 Å². The van der Waals surface area contributed by atoms with E-state index in [-0.39, 0.29) is 11.8 Å². The van der Waals surface area contributed by atoms with Crippen LogP contribution in [0.1, 0.15) is 21.5 Å². The molecule has 2 aromatic heterocycles. The molecule has 0 fully saturated rings. The number of hydrogen-bond acceptors (Lipinski definition) is 3. The lowest BCUT2D eigenvalue weighted by molar-refractivity contribution is -0.115. The molecule has 0 aliphatic heterocycles. The molecule has 29 heavy (non-hydrogen) atoms. The summed E-state index contributed by atoms with van der Waals surface area (Å²) < 4.78 is 1.91. The lowest BCUT2D eigenvalue weighted by Gasteiger charge is -2.08. The molecule has 4 aromatic rings. The van der Waals surface area contributed by atoms with E-state index in [9.17, 15) is 9.59 Å². The van der Waals surface area contributed by atoms with Crippen LogP contribution in [0.3, 0.4) is 0 Å². The minimum Gasteiger partial charge on any atom is -0.348 e. The summed E-state index contributed by atoms with van der Waals surface area (Å²) in [4.78, 5) is 28.8. The fourth-order valence-corrected chi connectivity index (χ4v) is 3.04. The Labute approximate surface area is 168 Å². The van der Waals surface area contributed by atoms with Crippen LogP contribution in [0, 0.1) is 0 Å². The van der Waals surface area contributed by atoms with Crippen molar-refractivity contribution in [3.05, 3.63) is 102 Å². The van der Waals surface area contributed by atoms with E-state index < -0.39 is 0 Å². The third kappa shape index (κ3) is 4.68. The molecule has 0 atom stereocenters. The molecule has 0 bridgehead atoms. The number of carbonyl (C=O) groups is 2. The maximum atomic E-state index is 12.4. The molecule has 0 aliphatic carbocycles. The van der Waals surface area contributed by atoms with Gasteiger partial charge in [-0.1, -0.05) is 30.3 Å². The average molecular weight is 384 g/mol. The first kappa shape index (κ1) is 18.4. The van der Waals surface area contributed by atoms with Gasteiger partial charge in [0.05, 0.1) is 6.42 Å². The van der Waals surface area contributed by atoms with E-state index in [1.54, 1.807) is 30.5 Å². The standard InChI is InChI=1S/C23H20N4O2/c28-22(15-17-4-2-1-3-5-17)26-20-8-6-19(7-9-20)23(29)25-16-18-10-12-27-13-11-24-21(27)14-18/h1-14H,15-16H2,(H,25,29)(H,26,28). The van der Waals surface area contributed by atoms with Gasteiger partial charge in [-0.25, -0.2) is 4.98 Å². The molecule has 2 heterocycles. The number of pyridine rings is 1. The zero-order chi connectivity index (χ0) is 20.1.